The molecule has 0 N–H and O–H groups in total. The third-order valence-electron chi connectivity index (χ3n) is 3.62. The van der Waals surface area contributed by atoms with E-state index in [2.05, 4.69) is 10.1 Å². The predicted octanol–water partition coefficient (Wildman–Crippen LogP) is 1.84. The number of sulfone groups is 1. The number of hydrogen-bond donors (Lipinski definition) is 0. The van der Waals surface area contributed by atoms with Crippen LogP contribution in [0.2, 0.25) is 0 Å². The number of rotatable bonds is 6. The number of methoxy groups -OCH3 is 1. The van der Waals surface area contributed by atoms with Crippen LogP contribution >= 0.6 is 0 Å². The first-order chi connectivity index (χ1) is 11.1. The van der Waals surface area contributed by atoms with Gasteiger partial charge < -0.3 is 14.0 Å². The Labute approximate surface area is 134 Å². The highest BCUT2D eigenvalue weighted by molar-refractivity contribution is 7.90. The van der Waals surface area contributed by atoms with Crippen LogP contribution in [0.3, 0.4) is 0 Å². The van der Waals surface area contributed by atoms with Crippen LogP contribution in [-0.2, 0) is 20.3 Å². The van der Waals surface area contributed by atoms with Gasteiger partial charge in [0.05, 0.1) is 24.5 Å². The SMILES string of the molecule is COc1ccccc1-c1noc(CS(=O)(=O)CC2CCCO2)n1. The topological polar surface area (TPSA) is 91.5 Å². The molecule has 1 unspecified atom stereocenters. The van der Waals surface area contributed by atoms with Crippen molar-refractivity contribution in [2.45, 2.75) is 24.7 Å². The van der Waals surface area contributed by atoms with Crippen molar-refractivity contribution in [1.29, 1.82) is 0 Å². The Morgan fingerprint density at radius 3 is 2.91 bits per heavy atom. The van der Waals surface area contributed by atoms with E-state index in [4.69, 9.17) is 14.0 Å². The average molecular weight is 338 g/mol. The molecule has 1 aliphatic rings. The lowest BCUT2D eigenvalue weighted by molar-refractivity contribution is 0.127. The van der Waals surface area contributed by atoms with Crippen LogP contribution < -0.4 is 4.74 Å². The van der Waals surface area contributed by atoms with Gasteiger partial charge in [-0.25, -0.2) is 8.42 Å². The Hall–Kier alpha value is -1.93. The molecule has 1 aromatic carbocycles. The third-order valence-corrected chi connectivity index (χ3v) is 5.19. The molecule has 1 fully saturated rings. The first-order valence-electron chi connectivity index (χ1n) is 7.35. The number of aromatic nitrogens is 2. The van der Waals surface area contributed by atoms with E-state index in [0.717, 1.165) is 12.8 Å². The van der Waals surface area contributed by atoms with Gasteiger partial charge in [0.2, 0.25) is 11.7 Å². The lowest BCUT2D eigenvalue weighted by Crippen LogP contribution is -2.21. The van der Waals surface area contributed by atoms with Gasteiger partial charge in [0, 0.05) is 6.61 Å². The van der Waals surface area contributed by atoms with E-state index in [0.29, 0.717) is 23.7 Å². The summed E-state index contributed by atoms with van der Waals surface area (Å²) in [6.45, 7) is 0.624. The van der Waals surface area contributed by atoms with Crippen molar-refractivity contribution in [2.75, 3.05) is 19.5 Å². The van der Waals surface area contributed by atoms with Crippen molar-refractivity contribution in [3.8, 4) is 17.1 Å². The molecule has 3 rings (SSSR count). The summed E-state index contributed by atoms with van der Waals surface area (Å²) >= 11 is 0. The van der Waals surface area contributed by atoms with Gasteiger partial charge in [-0.3, -0.25) is 0 Å². The summed E-state index contributed by atoms with van der Waals surface area (Å²) < 4.78 is 40.1. The number of para-hydroxylation sites is 1. The van der Waals surface area contributed by atoms with Gasteiger partial charge in [0.25, 0.3) is 0 Å². The van der Waals surface area contributed by atoms with Gasteiger partial charge in [-0.2, -0.15) is 4.98 Å². The smallest absolute Gasteiger partial charge is 0.242 e. The molecule has 8 heteroatoms. The Bertz CT molecular complexity index is 766. The molecule has 0 saturated carbocycles. The van der Waals surface area contributed by atoms with Gasteiger partial charge >= 0.3 is 0 Å². The largest absolute Gasteiger partial charge is 0.496 e. The molecular formula is C15H18N2O5S. The molecule has 124 valence electrons. The van der Waals surface area contributed by atoms with Crippen molar-refractivity contribution in [2.24, 2.45) is 0 Å². The fourth-order valence-corrected chi connectivity index (χ4v) is 4.00. The lowest BCUT2D eigenvalue weighted by atomic mass is 10.2. The van der Waals surface area contributed by atoms with E-state index in [-0.39, 0.29) is 23.5 Å². The summed E-state index contributed by atoms with van der Waals surface area (Å²) in [7, 11) is -1.81. The summed E-state index contributed by atoms with van der Waals surface area (Å²) in [5.41, 5.74) is 0.654. The van der Waals surface area contributed by atoms with Gasteiger partial charge in [0.15, 0.2) is 9.84 Å². The second kappa shape index (κ2) is 6.67. The molecule has 2 heterocycles. The predicted molar refractivity (Wildman–Crippen MR) is 82.8 cm³/mol. The van der Waals surface area contributed by atoms with Crippen LogP contribution in [0.1, 0.15) is 18.7 Å². The fourth-order valence-electron chi connectivity index (χ4n) is 2.56. The van der Waals surface area contributed by atoms with Crippen molar-refractivity contribution in [1.82, 2.24) is 10.1 Å². The van der Waals surface area contributed by atoms with Gasteiger partial charge in [0.1, 0.15) is 11.5 Å². The molecule has 1 aliphatic heterocycles. The highest BCUT2D eigenvalue weighted by Gasteiger charge is 2.26. The molecule has 1 atom stereocenters. The molecule has 0 radical (unpaired) electrons. The zero-order valence-electron chi connectivity index (χ0n) is 12.8. The van der Waals surface area contributed by atoms with Crippen LogP contribution in [-0.4, -0.2) is 44.1 Å². The van der Waals surface area contributed by atoms with Gasteiger partial charge in [-0.15, -0.1) is 0 Å². The van der Waals surface area contributed by atoms with E-state index in [1.807, 2.05) is 12.1 Å². The first-order valence-corrected chi connectivity index (χ1v) is 9.17. The molecule has 1 saturated heterocycles. The minimum atomic E-state index is -3.36. The van der Waals surface area contributed by atoms with E-state index in [9.17, 15) is 8.42 Å². The Morgan fingerprint density at radius 1 is 1.35 bits per heavy atom. The molecule has 0 bridgehead atoms. The lowest BCUT2D eigenvalue weighted by Gasteiger charge is -2.08. The zero-order valence-corrected chi connectivity index (χ0v) is 13.6. The van der Waals surface area contributed by atoms with E-state index < -0.39 is 9.84 Å². The summed E-state index contributed by atoms with van der Waals surface area (Å²) in [6, 6.07) is 7.21. The van der Waals surface area contributed by atoms with Crippen molar-refractivity contribution >= 4 is 9.84 Å². The minimum Gasteiger partial charge on any atom is -0.496 e. The second-order valence-corrected chi connectivity index (χ2v) is 7.51. The number of hydrogen-bond acceptors (Lipinski definition) is 7. The second-order valence-electron chi connectivity index (χ2n) is 5.40. The summed E-state index contributed by atoms with van der Waals surface area (Å²) in [6.07, 6.45) is 1.45. The molecule has 23 heavy (non-hydrogen) atoms. The van der Waals surface area contributed by atoms with Crippen LogP contribution in [0, 0.1) is 0 Å². The first kappa shape index (κ1) is 15.9. The molecule has 2 aromatic rings. The standard InChI is InChI=1S/C15H18N2O5S/c1-20-13-7-3-2-6-12(13)15-16-14(22-17-15)10-23(18,19)9-11-5-4-8-21-11/h2-3,6-7,11H,4-5,8-10H2,1H3. The number of ether oxygens (including phenoxy) is 2. The zero-order chi connectivity index (χ0) is 16.3. The van der Waals surface area contributed by atoms with Crippen LogP contribution in [0.15, 0.2) is 28.8 Å². The Kier molecular flexibility index (Phi) is 4.63. The highest BCUT2D eigenvalue weighted by atomic mass is 32.2. The molecule has 0 spiro atoms. The highest BCUT2D eigenvalue weighted by Crippen LogP contribution is 2.27. The van der Waals surface area contributed by atoms with Crippen molar-refractivity contribution in [3.05, 3.63) is 30.2 Å². The van der Waals surface area contributed by atoms with Gasteiger partial charge in [-0.05, 0) is 25.0 Å². The molecule has 7 nitrogen and oxygen atoms in total. The Morgan fingerprint density at radius 2 is 2.17 bits per heavy atom. The fraction of sp³-hybridized carbons (Fsp3) is 0.467. The van der Waals surface area contributed by atoms with Crippen LogP contribution in [0.25, 0.3) is 11.4 Å². The molecule has 1 aromatic heterocycles. The average Bonchev–Trinajstić information content (AvgIpc) is 3.18. The summed E-state index contributed by atoms with van der Waals surface area (Å²) in [4.78, 5) is 4.17. The minimum absolute atomic E-state index is 0.0145. The summed E-state index contributed by atoms with van der Waals surface area (Å²) in [5.74, 6) is 0.685. The summed E-state index contributed by atoms with van der Waals surface area (Å²) in [5, 5.41) is 3.85. The van der Waals surface area contributed by atoms with Crippen LogP contribution in [0.5, 0.6) is 5.75 Å². The quantitative estimate of drug-likeness (QED) is 0.793. The molecule has 0 amide bonds. The van der Waals surface area contributed by atoms with E-state index in [1.165, 1.54) is 0 Å². The van der Waals surface area contributed by atoms with E-state index >= 15 is 0 Å². The maximum Gasteiger partial charge on any atom is 0.242 e. The molecule has 0 aliphatic carbocycles. The van der Waals surface area contributed by atoms with Crippen LogP contribution in [0.4, 0.5) is 0 Å². The Balaban J connectivity index is 1.74. The maximum absolute atomic E-state index is 12.2. The van der Waals surface area contributed by atoms with E-state index in [1.54, 1.807) is 19.2 Å². The normalized spacial score (nSPS) is 18.2. The number of nitrogens with zero attached hydrogens (tertiary/aromatic N) is 2. The number of benzene rings is 1. The van der Waals surface area contributed by atoms with Crippen molar-refractivity contribution < 1.29 is 22.4 Å². The van der Waals surface area contributed by atoms with Crippen molar-refractivity contribution in [3.63, 3.8) is 0 Å². The maximum atomic E-state index is 12.2. The molecular weight excluding hydrogens is 320 g/mol. The van der Waals surface area contributed by atoms with Gasteiger partial charge in [-0.1, -0.05) is 17.3 Å². The third kappa shape index (κ3) is 3.89. The monoisotopic (exact) mass is 338 g/mol.